The minimum Gasteiger partial charge on any atom is -0.388 e. The number of fused-ring (bicyclic) bond motifs is 1. The van der Waals surface area contributed by atoms with Crippen LogP contribution >= 0.6 is 11.8 Å². The molecule has 2 aromatic rings. The van der Waals surface area contributed by atoms with Gasteiger partial charge in [-0.05, 0) is 22.6 Å². The molecule has 2 heteroatoms. The van der Waals surface area contributed by atoms with E-state index in [1.54, 1.807) is 11.8 Å². The Labute approximate surface area is 94.1 Å². The number of aliphatic hydroxyl groups is 1. The van der Waals surface area contributed by atoms with Gasteiger partial charge in [-0.2, -0.15) is 11.8 Å². The van der Waals surface area contributed by atoms with Crippen LogP contribution in [0.1, 0.15) is 11.7 Å². The molecular formula is C13H14OS. The molecule has 2 rings (SSSR count). The summed E-state index contributed by atoms with van der Waals surface area (Å²) in [7, 11) is 0. The van der Waals surface area contributed by atoms with Gasteiger partial charge < -0.3 is 5.11 Å². The number of rotatable bonds is 3. The van der Waals surface area contributed by atoms with Gasteiger partial charge >= 0.3 is 0 Å². The average molecular weight is 218 g/mol. The lowest BCUT2D eigenvalue weighted by atomic mass is 10.0. The third kappa shape index (κ3) is 2.16. The zero-order valence-electron chi connectivity index (χ0n) is 8.68. The van der Waals surface area contributed by atoms with Crippen LogP contribution in [-0.4, -0.2) is 17.1 Å². The molecule has 2 aromatic carbocycles. The highest BCUT2D eigenvalue weighted by Gasteiger charge is 2.09. The molecule has 1 unspecified atom stereocenters. The van der Waals surface area contributed by atoms with Crippen molar-refractivity contribution in [3.8, 4) is 0 Å². The third-order valence-electron chi connectivity index (χ3n) is 2.51. The van der Waals surface area contributed by atoms with E-state index in [0.717, 1.165) is 16.7 Å². The predicted octanol–water partition coefficient (Wildman–Crippen LogP) is 3.24. The molecule has 0 radical (unpaired) electrons. The minimum atomic E-state index is -0.369. The largest absolute Gasteiger partial charge is 0.388 e. The molecule has 1 atom stereocenters. The van der Waals surface area contributed by atoms with Gasteiger partial charge in [0.05, 0.1) is 6.10 Å². The fourth-order valence-electron chi connectivity index (χ4n) is 1.79. The van der Waals surface area contributed by atoms with Crippen LogP contribution in [0.5, 0.6) is 0 Å². The minimum absolute atomic E-state index is 0.369. The first-order valence-electron chi connectivity index (χ1n) is 4.97. The quantitative estimate of drug-likeness (QED) is 0.853. The van der Waals surface area contributed by atoms with Gasteiger partial charge in [0.1, 0.15) is 0 Å². The van der Waals surface area contributed by atoms with Crippen LogP contribution in [0.3, 0.4) is 0 Å². The van der Waals surface area contributed by atoms with E-state index in [0.29, 0.717) is 0 Å². The van der Waals surface area contributed by atoms with Crippen molar-refractivity contribution in [2.75, 3.05) is 12.0 Å². The Kier molecular flexibility index (Phi) is 3.29. The summed E-state index contributed by atoms with van der Waals surface area (Å²) in [6, 6.07) is 14.2. The lowest BCUT2D eigenvalue weighted by Crippen LogP contribution is -2.00. The van der Waals surface area contributed by atoms with E-state index in [1.165, 1.54) is 5.39 Å². The van der Waals surface area contributed by atoms with Crippen molar-refractivity contribution in [1.82, 2.24) is 0 Å². The Hall–Kier alpha value is -0.990. The van der Waals surface area contributed by atoms with Crippen LogP contribution in [0.15, 0.2) is 42.5 Å². The van der Waals surface area contributed by atoms with Gasteiger partial charge in [-0.25, -0.2) is 0 Å². The molecule has 0 saturated carbocycles. The molecule has 0 heterocycles. The number of benzene rings is 2. The fraction of sp³-hybridized carbons (Fsp3) is 0.231. The summed E-state index contributed by atoms with van der Waals surface area (Å²) in [5.74, 6) is 0.744. The smallest absolute Gasteiger partial charge is 0.0886 e. The molecule has 0 spiro atoms. The highest BCUT2D eigenvalue weighted by atomic mass is 32.2. The van der Waals surface area contributed by atoms with Crippen molar-refractivity contribution in [2.24, 2.45) is 0 Å². The summed E-state index contributed by atoms with van der Waals surface area (Å²) in [5, 5.41) is 12.3. The summed E-state index contributed by atoms with van der Waals surface area (Å²) in [4.78, 5) is 0. The van der Waals surface area contributed by atoms with Crippen LogP contribution in [0.2, 0.25) is 0 Å². The summed E-state index contributed by atoms with van der Waals surface area (Å²) in [5.41, 5.74) is 1.03. The van der Waals surface area contributed by atoms with Crippen molar-refractivity contribution in [3.63, 3.8) is 0 Å². The topological polar surface area (TPSA) is 20.2 Å². The van der Waals surface area contributed by atoms with Crippen LogP contribution < -0.4 is 0 Å². The molecule has 0 amide bonds. The molecule has 0 aliphatic carbocycles. The van der Waals surface area contributed by atoms with Crippen LogP contribution in [-0.2, 0) is 0 Å². The van der Waals surface area contributed by atoms with Gasteiger partial charge in [-0.1, -0.05) is 42.5 Å². The maximum Gasteiger partial charge on any atom is 0.0886 e. The van der Waals surface area contributed by atoms with Crippen LogP contribution in [0.25, 0.3) is 10.8 Å². The van der Waals surface area contributed by atoms with Gasteiger partial charge in [0.2, 0.25) is 0 Å². The first-order valence-corrected chi connectivity index (χ1v) is 6.37. The van der Waals surface area contributed by atoms with Crippen molar-refractivity contribution in [1.29, 1.82) is 0 Å². The summed E-state index contributed by atoms with van der Waals surface area (Å²) in [6.07, 6.45) is 1.64. The molecule has 0 aliphatic heterocycles. The zero-order chi connectivity index (χ0) is 10.7. The average Bonchev–Trinajstić information content (AvgIpc) is 2.28. The van der Waals surface area contributed by atoms with Gasteiger partial charge in [0.15, 0.2) is 0 Å². The standard InChI is InChI=1S/C13H14OS/c1-15-9-13(14)12-8-4-6-10-5-2-3-7-11(10)12/h2-8,13-14H,9H2,1H3. The molecule has 1 N–H and O–H groups in total. The maximum atomic E-state index is 10.00. The van der Waals surface area contributed by atoms with E-state index in [9.17, 15) is 5.11 Å². The van der Waals surface area contributed by atoms with E-state index < -0.39 is 0 Å². The lowest BCUT2D eigenvalue weighted by Gasteiger charge is -2.12. The second kappa shape index (κ2) is 4.69. The summed E-state index contributed by atoms with van der Waals surface area (Å²) in [6.45, 7) is 0. The summed E-state index contributed by atoms with van der Waals surface area (Å²) < 4.78 is 0. The lowest BCUT2D eigenvalue weighted by molar-refractivity contribution is 0.206. The van der Waals surface area contributed by atoms with Crippen molar-refractivity contribution < 1.29 is 5.11 Å². The van der Waals surface area contributed by atoms with Crippen molar-refractivity contribution in [2.45, 2.75) is 6.10 Å². The van der Waals surface area contributed by atoms with Gasteiger partial charge in [0, 0.05) is 5.75 Å². The van der Waals surface area contributed by atoms with Gasteiger partial charge in [0.25, 0.3) is 0 Å². The van der Waals surface area contributed by atoms with E-state index in [-0.39, 0.29) is 6.10 Å². The SMILES string of the molecule is CSCC(O)c1cccc2ccccc12. The number of thioether (sulfide) groups is 1. The van der Waals surface area contributed by atoms with Gasteiger partial charge in [-0.15, -0.1) is 0 Å². The Morgan fingerprint density at radius 1 is 1.13 bits per heavy atom. The molecule has 15 heavy (non-hydrogen) atoms. The zero-order valence-corrected chi connectivity index (χ0v) is 9.50. The molecule has 0 fully saturated rings. The van der Waals surface area contributed by atoms with E-state index in [2.05, 4.69) is 18.2 Å². The van der Waals surface area contributed by atoms with Gasteiger partial charge in [-0.3, -0.25) is 0 Å². The molecule has 0 aliphatic rings. The van der Waals surface area contributed by atoms with E-state index >= 15 is 0 Å². The number of hydrogen-bond acceptors (Lipinski definition) is 2. The monoisotopic (exact) mass is 218 g/mol. The second-order valence-electron chi connectivity index (χ2n) is 3.54. The Bertz CT molecular complexity index is 448. The van der Waals surface area contributed by atoms with Crippen LogP contribution in [0.4, 0.5) is 0 Å². The Balaban J connectivity index is 2.50. The Morgan fingerprint density at radius 3 is 2.67 bits per heavy atom. The number of hydrogen-bond donors (Lipinski definition) is 1. The maximum absolute atomic E-state index is 10.00. The third-order valence-corrected chi connectivity index (χ3v) is 3.16. The second-order valence-corrected chi connectivity index (χ2v) is 4.45. The molecule has 1 nitrogen and oxygen atoms in total. The summed E-state index contributed by atoms with van der Waals surface area (Å²) >= 11 is 1.66. The number of aliphatic hydroxyl groups excluding tert-OH is 1. The molecule has 0 saturated heterocycles. The molecule has 0 aromatic heterocycles. The Morgan fingerprint density at radius 2 is 1.87 bits per heavy atom. The normalized spacial score (nSPS) is 12.9. The van der Waals surface area contributed by atoms with E-state index in [4.69, 9.17) is 0 Å². The first kappa shape index (κ1) is 10.5. The fourth-order valence-corrected chi connectivity index (χ4v) is 2.28. The highest BCUT2D eigenvalue weighted by molar-refractivity contribution is 7.98. The van der Waals surface area contributed by atoms with Crippen molar-refractivity contribution >= 4 is 22.5 Å². The highest BCUT2D eigenvalue weighted by Crippen LogP contribution is 2.25. The predicted molar refractivity (Wildman–Crippen MR) is 67.3 cm³/mol. The van der Waals surface area contributed by atoms with Crippen molar-refractivity contribution in [3.05, 3.63) is 48.0 Å². The van der Waals surface area contributed by atoms with E-state index in [1.807, 2.05) is 30.5 Å². The first-order chi connectivity index (χ1) is 7.33. The molecule has 0 bridgehead atoms. The molecule has 78 valence electrons. The molecular weight excluding hydrogens is 204 g/mol. The van der Waals surface area contributed by atoms with Crippen LogP contribution in [0, 0.1) is 0 Å².